The summed E-state index contributed by atoms with van der Waals surface area (Å²) < 4.78 is 3.80. The molecule has 108 valence electrons. The zero-order chi connectivity index (χ0) is 15.2. The van der Waals surface area contributed by atoms with Crippen LogP contribution in [0.5, 0.6) is 0 Å². The number of nitrogens with two attached hydrogens (primary N) is 1. The number of rotatable bonds is 3. The van der Waals surface area contributed by atoms with Crippen molar-refractivity contribution in [3.05, 3.63) is 46.0 Å². The minimum absolute atomic E-state index is 0.0795. The maximum Gasteiger partial charge on any atom is 0.267 e. The van der Waals surface area contributed by atoms with Gasteiger partial charge < -0.3 is 10.6 Å². The van der Waals surface area contributed by atoms with Crippen molar-refractivity contribution in [2.45, 2.75) is 13.5 Å². The Morgan fingerprint density at radius 1 is 1.43 bits per heavy atom. The third kappa shape index (κ3) is 3.66. The number of carbonyl (C=O) groups is 1. The molecule has 0 unspecified atom stereocenters. The van der Waals surface area contributed by atoms with Crippen molar-refractivity contribution in [1.29, 1.82) is 0 Å². The number of carbonyl (C=O) groups excluding carboxylic acids is 1. The van der Waals surface area contributed by atoms with Crippen molar-refractivity contribution < 1.29 is 4.79 Å². The Labute approximate surface area is 127 Å². The monoisotopic (exact) mass is 300 g/mol. The highest BCUT2D eigenvalue weighted by Gasteiger charge is 2.18. The van der Waals surface area contributed by atoms with Gasteiger partial charge in [0.1, 0.15) is 4.88 Å². The minimum Gasteiger partial charge on any atom is -0.337 e. The van der Waals surface area contributed by atoms with Crippen molar-refractivity contribution in [2.24, 2.45) is 5.73 Å². The van der Waals surface area contributed by atoms with Crippen LogP contribution in [0, 0.1) is 18.8 Å². The second kappa shape index (κ2) is 6.97. The second-order valence-electron chi connectivity index (χ2n) is 4.51. The Balaban J connectivity index is 2.18. The molecule has 0 radical (unpaired) electrons. The van der Waals surface area contributed by atoms with Gasteiger partial charge in [0.05, 0.1) is 12.2 Å². The van der Waals surface area contributed by atoms with Gasteiger partial charge in [-0.05, 0) is 30.1 Å². The van der Waals surface area contributed by atoms with Crippen LogP contribution >= 0.6 is 11.5 Å². The summed E-state index contributed by atoms with van der Waals surface area (Å²) in [5.74, 6) is 5.79. The number of aryl methyl sites for hydroxylation is 1. The zero-order valence-corrected chi connectivity index (χ0v) is 12.8. The topological polar surface area (TPSA) is 72.1 Å². The maximum absolute atomic E-state index is 12.4. The summed E-state index contributed by atoms with van der Waals surface area (Å²) in [6, 6.07) is 7.74. The molecule has 2 N–H and O–H groups in total. The van der Waals surface area contributed by atoms with Crippen LogP contribution in [0.4, 0.5) is 0 Å². The number of aromatic nitrogens is 2. The normalized spacial score (nSPS) is 9.86. The molecule has 1 aromatic heterocycles. The highest BCUT2D eigenvalue weighted by atomic mass is 32.1. The lowest BCUT2D eigenvalue weighted by Crippen LogP contribution is -2.26. The van der Waals surface area contributed by atoms with E-state index in [1.165, 1.54) is 0 Å². The maximum atomic E-state index is 12.4. The van der Waals surface area contributed by atoms with Gasteiger partial charge in [0.15, 0.2) is 0 Å². The van der Waals surface area contributed by atoms with E-state index in [2.05, 4.69) is 21.4 Å². The molecule has 0 bridgehead atoms. The van der Waals surface area contributed by atoms with E-state index in [1.54, 1.807) is 18.9 Å². The number of hydrogen-bond acceptors (Lipinski definition) is 5. The van der Waals surface area contributed by atoms with Crippen molar-refractivity contribution in [1.82, 2.24) is 14.5 Å². The van der Waals surface area contributed by atoms with E-state index in [-0.39, 0.29) is 5.91 Å². The Hall–Kier alpha value is -2.23. The van der Waals surface area contributed by atoms with E-state index in [4.69, 9.17) is 5.73 Å². The summed E-state index contributed by atoms with van der Waals surface area (Å²) in [5, 5.41) is 3.87. The third-order valence-electron chi connectivity index (χ3n) is 2.94. The van der Waals surface area contributed by atoms with E-state index < -0.39 is 0 Å². The Kier molecular flexibility index (Phi) is 5.04. The van der Waals surface area contributed by atoms with E-state index in [1.807, 2.05) is 24.3 Å². The molecule has 0 atom stereocenters. The van der Waals surface area contributed by atoms with Gasteiger partial charge in [-0.15, -0.1) is 5.10 Å². The average molecular weight is 300 g/mol. The minimum atomic E-state index is -0.0795. The molecule has 0 saturated heterocycles. The fraction of sp³-hybridized carbons (Fsp3) is 0.267. The van der Waals surface area contributed by atoms with Gasteiger partial charge in [0, 0.05) is 19.2 Å². The SMILES string of the molecule is Cc1nnsc1C(=O)N(C)Cc1ccccc1C#CCN. The molecule has 1 aromatic carbocycles. The first kappa shape index (κ1) is 15.2. The first-order valence-corrected chi connectivity index (χ1v) is 7.22. The molecule has 0 fully saturated rings. The molecular weight excluding hydrogens is 284 g/mol. The summed E-state index contributed by atoms with van der Waals surface area (Å²) in [6.07, 6.45) is 0. The first-order valence-electron chi connectivity index (χ1n) is 6.44. The third-order valence-corrected chi connectivity index (χ3v) is 3.76. The zero-order valence-electron chi connectivity index (χ0n) is 12.0. The van der Waals surface area contributed by atoms with Crippen molar-refractivity contribution >= 4 is 17.4 Å². The molecule has 2 rings (SSSR count). The van der Waals surface area contributed by atoms with Crippen LogP contribution in [0.1, 0.15) is 26.5 Å². The van der Waals surface area contributed by atoms with Crippen LogP contribution < -0.4 is 5.73 Å². The average Bonchev–Trinajstić information content (AvgIpc) is 2.91. The van der Waals surface area contributed by atoms with Gasteiger partial charge >= 0.3 is 0 Å². The molecule has 6 heteroatoms. The number of nitrogens with zero attached hydrogens (tertiary/aromatic N) is 3. The summed E-state index contributed by atoms with van der Waals surface area (Å²) in [5.41, 5.74) is 7.95. The van der Waals surface area contributed by atoms with E-state index in [0.717, 1.165) is 22.7 Å². The van der Waals surface area contributed by atoms with E-state index in [0.29, 0.717) is 23.7 Å². The lowest BCUT2D eigenvalue weighted by atomic mass is 10.1. The predicted molar refractivity (Wildman–Crippen MR) is 82.8 cm³/mol. The van der Waals surface area contributed by atoms with Crippen LogP contribution in [0.3, 0.4) is 0 Å². The molecule has 21 heavy (non-hydrogen) atoms. The lowest BCUT2D eigenvalue weighted by molar-refractivity contribution is 0.0789. The quantitative estimate of drug-likeness (QED) is 0.870. The fourth-order valence-electron chi connectivity index (χ4n) is 1.85. The number of benzene rings is 1. The van der Waals surface area contributed by atoms with Crippen molar-refractivity contribution in [2.75, 3.05) is 13.6 Å². The number of hydrogen-bond donors (Lipinski definition) is 1. The molecular formula is C15H16N4OS. The largest absolute Gasteiger partial charge is 0.337 e. The Morgan fingerprint density at radius 2 is 2.19 bits per heavy atom. The van der Waals surface area contributed by atoms with E-state index >= 15 is 0 Å². The van der Waals surface area contributed by atoms with Crippen molar-refractivity contribution in [3.8, 4) is 11.8 Å². The number of amides is 1. The van der Waals surface area contributed by atoms with Crippen LogP contribution in [0.25, 0.3) is 0 Å². The molecule has 0 saturated carbocycles. The van der Waals surface area contributed by atoms with Gasteiger partial charge in [0.25, 0.3) is 5.91 Å². The Bertz CT molecular complexity index is 699. The van der Waals surface area contributed by atoms with Crippen LogP contribution in [0.2, 0.25) is 0 Å². The fourth-order valence-corrected chi connectivity index (χ4v) is 2.51. The molecule has 0 spiro atoms. The van der Waals surface area contributed by atoms with Gasteiger partial charge in [0.2, 0.25) is 0 Å². The van der Waals surface area contributed by atoms with Crippen LogP contribution in [-0.4, -0.2) is 34.0 Å². The van der Waals surface area contributed by atoms with Gasteiger partial charge in [-0.25, -0.2) is 0 Å². The summed E-state index contributed by atoms with van der Waals surface area (Å²) >= 11 is 1.12. The summed E-state index contributed by atoms with van der Waals surface area (Å²) in [7, 11) is 1.76. The smallest absolute Gasteiger partial charge is 0.267 e. The first-order chi connectivity index (χ1) is 10.1. The molecule has 5 nitrogen and oxygen atoms in total. The highest BCUT2D eigenvalue weighted by Crippen LogP contribution is 2.15. The van der Waals surface area contributed by atoms with Gasteiger partial charge in [-0.1, -0.05) is 34.5 Å². The predicted octanol–water partition coefficient (Wildman–Crippen LogP) is 1.43. The highest BCUT2D eigenvalue weighted by molar-refractivity contribution is 7.07. The molecule has 1 heterocycles. The summed E-state index contributed by atoms with van der Waals surface area (Å²) in [6.45, 7) is 2.58. The Morgan fingerprint density at radius 3 is 2.86 bits per heavy atom. The van der Waals surface area contributed by atoms with E-state index in [9.17, 15) is 4.79 Å². The molecule has 2 aromatic rings. The molecule has 1 amide bonds. The van der Waals surface area contributed by atoms with Crippen LogP contribution in [-0.2, 0) is 6.54 Å². The van der Waals surface area contributed by atoms with Gasteiger partial charge in [-0.3, -0.25) is 4.79 Å². The standard InChI is InChI=1S/C15H16N4OS/c1-11-14(21-18-17-11)15(20)19(2)10-13-7-4-3-6-12(13)8-5-9-16/h3-4,6-7H,9-10,16H2,1-2H3. The van der Waals surface area contributed by atoms with Crippen molar-refractivity contribution in [3.63, 3.8) is 0 Å². The molecule has 0 aliphatic carbocycles. The molecule has 0 aliphatic rings. The van der Waals surface area contributed by atoms with Gasteiger partial charge in [-0.2, -0.15) is 0 Å². The van der Waals surface area contributed by atoms with Crippen LogP contribution in [0.15, 0.2) is 24.3 Å². The molecule has 0 aliphatic heterocycles. The second-order valence-corrected chi connectivity index (χ2v) is 5.27. The summed E-state index contributed by atoms with van der Waals surface area (Å²) in [4.78, 5) is 14.6. The lowest BCUT2D eigenvalue weighted by Gasteiger charge is -2.17.